The fourth-order valence-electron chi connectivity index (χ4n) is 3.26. The predicted octanol–water partition coefficient (Wildman–Crippen LogP) is 3.09. The van der Waals surface area contributed by atoms with E-state index in [1.54, 1.807) is 42.5 Å². The second-order valence-electron chi connectivity index (χ2n) is 7.16. The Hall–Kier alpha value is -3.79. The molecular weight excluding hydrogens is 446 g/mol. The van der Waals surface area contributed by atoms with Crippen LogP contribution < -0.4 is 23.8 Å². The number of fused-ring (bicyclic) bond motifs is 1. The van der Waals surface area contributed by atoms with Crippen molar-refractivity contribution in [3.8, 4) is 17.2 Å². The van der Waals surface area contributed by atoms with Crippen LogP contribution in [0.2, 0.25) is 0 Å². The minimum atomic E-state index is -4.06. The maximum Gasteiger partial charge on any atom is 0.266 e. The molecule has 1 amide bonds. The molecule has 0 atom stereocenters. The zero-order chi connectivity index (χ0) is 23.3. The van der Waals surface area contributed by atoms with Gasteiger partial charge in [-0.2, -0.15) is 0 Å². The molecule has 3 aromatic rings. The molecule has 0 radical (unpaired) electrons. The van der Waals surface area contributed by atoms with E-state index in [0.29, 0.717) is 41.8 Å². The number of ether oxygens (including phenoxy) is 3. The Morgan fingerprint density at radius 3 is 2.55 bits per heavy atom. The molecule has 0 spiro atoms. The van der Waals surface area contributed by atoms with Crippen LogP contribution in [-0.4, -0.2) is 46.2 Å². The van der Waals surface area contributed by atoms with Crippen LogP contribution in [0.15, 0.2) is 71.9 Å². The number of anilines is 2. The number of rotatable bonds is 7. The van der Waals surface area contributed by atoms with Crippen LogP contribution in [0.25, 0.3) is 0 Å². The lowest BCUT2D eigenvalue weighted by Gasteiger charge is -2.24. The van der Waals surface area contributed by atoms with Crippen LogP contribution in [-0.2, 0) is 14.8 Å². The number of sulfonamides is 1. The van der Waals surface area contributed by atoms with Crippen molar-refractivity contribution < 1.29 is 27.4 Å². The van der Waals surface area contributed by atoms with E-state index in [1.807, 2.05) is 0 Å². The van der Waals surface area contributed by atoms with Crippen LogP contribution in [0.4, 0.5) is 11.4 Å². The number of aromatic nitrogens is 1. The van der Waals surface area contributed by atoms with Gasteiger partial charge in [0.1, 0.15) is 17.2 Å². The molecule has 0 bridgehead atoms. The van der Waals surface area contributed by atoms with Gasteiger partial charge >= 0.3 is 0 Å². The summed E-state index contributed by atoms with van der Waals surface area (Å²) >= 11 is 0. The van der Waals surface area contributed by atoms with Gasteiger partial charge < -0.3 is 19.5 Å². The molecule has 2 heterocycles. The summed E-state index contributed by atoms with van der Waals surface area (Å²) in [5.41, 5.74) is 0.783. The molecule has 4 rings (SSSR count). The van der Waals surface area contributed by atoms with Crippen molar-refractivity contribution in [2.24, 2.45) is 0 Å². The van der Waals surface area contributed by atoms with Crippen molar-refractivity contribution in [3.63, 3.8) is 0 Å². The van der Waals surface area contributed by atoms with Gasteiger partial charge in [-0.1, -0.05) is 0 Å². The van der Waals surface area contributed by atoms with Gasteiger partial charge in [-0.3, -0.25) is 14.1 Å². The number of nitrogens with zero attached hydrogens (tertiary/aromatic N) is 2. The third-order valence-corrected chi connectivity index (χ3v) is 6.66. The molecule has 0 saturated carbocycles. The minimum Gasteiger partial charge on any atom is -0.497 e. The summed E-state index contributed by atoms with van der Waals surface area (Å²) in [4.78, 5) is 16.8. The van der Waals surface area contributed by atoms with Crippen molar-refractivity contribution in [3.05, 3.63) is 67.0 Å². The molecule has 1 aliphatic rings. The lowest BCUT2D eigenvalue weighted by molar-refractivity contribution is -0.114. The van der Waals surface area contributed by atoms with E-state index in [-0.39, 0.29) is 4.90 Å². The highest BCUT2D eigenvalue weighted by Gasteiger charge is 2.27. The van der Waals surface area contributed by atoms with Crippen molar-refractivity contribution >= 4 is 27.3 Å². The van der Waals surface area contributed by atoms with Crippen molar-refractivity contribution in [1.82, 2.24) is 4.98 Å². The topological polar surface area (TPSA) is 107 Å². The number of amides is 1. The molecule has 1 aromatic heterocycles. The second kappa shape index (κ2) is 9.78. The van der Waals surface area contributed by atoms with Gasteiger partial charge in [0.25, 0.3) is 10.0 Å². The van der Waals surface area contributed by atoms with E-state index in [4.69, 9.17) is 14.2 Å². The zero-order valence-electron chi connectivity index (χ0n) is 17.9. The Morgan fingerprint density at radius 2 is 1.85 bits per heavy atom. The third-order valence-electron chi connectivity index (χ3n) is 4.90. The summed E-state index contributed by atoms with van der Waals surface area (Å²) < 4.78 is 44.1. The van der Waals surface area contributed by atoms with E-state index < -0.39 is 22.5 Å². The first-order chi connectivity index (χ1) is 16.0. The van der Waals surface area contributed by atoms with Gasteiger partial charge in [0, 0.05) is 30.6 Å². The van der Waals surface area contributed by atoms with Gasteiger partial charge in [0.2, 0.25) is 5.91 Å². The Balaban J connectivity index is 1.59. The molecule has 0 aliphatic carbocycles. The first-order valence-corrected chi connectivity index (χ1v) is 11.7. The van der Waals surface area contributed by atoms with Crippen molar-refractivity contribution in [2.45, 2.75) is 11.3 Å². The van der Waals surface area contributed by atoms with Gasteiger partial charge in [0.15, 0.2) is 11.5 Å². The zero-order valence-corrected chi connectivity index (χ0v) is 18.7. The van der Waals surface area contributed by atoms with Crippen LogP contribution in [0.3, 0.4) is 0 Å². The molecule has 9 nitrogen and oxygen atoms in total. The number of hydrogen-bond donors (Lipinski definition) is 1. The molecular formula is C23H23N3O6S. The molecule has 0 unspecified atom stereocenters. The molecule has 0 saturated heterocycles. The summed E-state index contributed by atoms with van der Waals surface area (Å²) in [5, 5.41) is 2.74. The van der Waals surface area contributed by atoms with E-state index in [0.717, 1.165) is 10.7 Å². The Bertz CT molecular complexity index is 1220. The molecule has 172 valence electrons. The van der Waals surface area contributed by atoms with Gasteiger partial charge in [-0.15, -0.1) is 0 Å². The number of carbonyl (C=O) groups excluding carboxylic acids is 1. The van der Waals surface area contributed by atoms with Crippen LogP contribution in [0.1, 0.15) is 6.42 Å². The number of nitrogens with one attached hydrogen (secondary N) is 1. The lowest BCUT2D eigenvalue weighted by atomic mass is 10.2. The minimum absolute atomic E-state index is 0.0239. The van der Waals surface area contributed by atoms with E-state index in [1.165, 1.54) is 31.6 Å². The molecule has 1 N–H and O–H groups in total. The first kappa shape index (κ1) is 22.4. The number of benzene rings is 2. The van der Waals surface area contributed by atoms with E-state index >= 15 is 0 Å². The Labute approximate surface area is 192 Å². The maximum absolute atomic E-state index is 13.3. The highest BCUT2D eigenvalue weighted by molar-refractivity contribution is 7.92. The van der Waals surface area contributed by atoms with Gasteiger partial charge in [-0.25, -0.2) is 8.42 Å². The first-order valence-electron chi connectivity index (χ1n) is 10.2. The Kier molecular flexibility index (Phi) is 6.64. The quantitative estimate of drug-likeness (QED) is 0.567. The number of pyridine rings is 1. The SMILES string of the molecule is COc1ccc(N(CC(=O)Nc2ccc3c(c2)OCCCO3)S(=O)(=O)c2cccnc2)cc1. The average Bonchev–Trinajstić information content (AvgIpc) is 3.08. The van der Waals surface area contributed by atoms with E-state index in [9.17, 15) is 13.2 Å². The molecule has 33 heavy (non-hydrogen) atoms. The maximum atomic E-state index is 13.3. The summed E-state index contributed by atoms with van der Waals surface area (Å²) in [7, 11) is -2.54. The standard InChI is InChI=1S/C23H23N3O6S/c1-30-19-8-6-18(7-9-19)26(33(28,29)20-4-2-11-24-15-20)16-23(27)25-17-5-10-21-22(14-17)32-13-3-12-31-21/h2,4-11,14-15H,3,12-13,16H2,1H3,(H,25,27). The predicted molar refractivity (Wildman–Crippen MR) is 122 cm³/mol. The summed E-state index contributed by atoms with van der Waals surface area (Å²) in [5.74, 6) is 1.17. The normalized spacial score (nSPS) is 13.0. The molecule has 10 heteroatoms. The highest BCUT2D eigenvalue weighted by Crippen LogP contribution is 2.32. The monoisotopic (exact) mass is 469 g/mol. The Morgan fingerprint density at radius 1 is 1.09 bits per heavy atom. The number of carbonyl (C=O) groups is 1. The highest BCUT2D eigenvalue weighted by atomic mass is 32.2. The van der Waals surface area contributed by atoms with Crippen LogP contribution in [0, 0.1) is 0 Å². The molecule has 0 fully saturated rings. The summed E-state index contributed by atoms with van der Waals surface area (Å²) in [6.07, 6.45) is 3.49. The average molecular weight is 470 g/mol. The third kappa shape index (κ3) is 5.17. The second-order valence-corrected chi connectivity index (χ2v) is 9.02. The number of methoxy groups -OCH3 is 1. The molecule has 2 aromatic carbocycles. The summed E-state index contributed by atoms with van der Waals surface area (Å²) in [6.45, 7) is 0.624. The summed E-state index contributed by atoms with van der Waals surface area (Å²) in [6, 6.07) is 14.4. The van der Waals surface area contributed by atoms with Crippen LogP contribution >= 0.6 is 0 Å². The largest absolute Gasteiger partial charge is 0.497 e. The fraction of sp³-hybridized carbons (Fsp3) is 0.217. The smallest absolute Gasteiger partial charge is 0.266 e. The fourth-order valence-corrected chi connectivity index (χ4v) is 4.65. The lowest BCUT2D eigenvalue weighted by Crippen LogP contribution is -2.38. The van der Waals surface area contributed by atoms with Gasteiger partial charge in [0.05, 0.1) is 26.0 Å². The van der Waals surface area contributed by atoms with E-state index in [2.05, 4.69) is 10.3 Å². The van der Waals surface area contributed by atoms with Crippen molar-refractivity contribution in [2.75, 3.05) is 36.5 Å². The van der Waals surface area contributed by atoms with Gasteiger partial charge in [-0.05, 0) is 48.5 Å². The number of hydrogen-bond acceptors (Lipinski definition) is 7. The van der Waals surface area contributed by atoms with Crippen LogP contribution in [0.5, 0.6) is 17.2 Å². The van der Waals surface area contributed by atoms with Crippen molar-refractivity contribution in [1.29, 1.82) is 0 Å². The molecule has 1 aliphatic heterocycles.